The molecule has 1 aliphatic heterocycles. The van der Waals surface area contributed by atoms with Crippen LogP contribution in [0.25, 0.3) is 0 Å². The van der Waals surface area contributed by atoms with E-state index in [-0.39, 0.29) is 11.3 Å². The second kappa shape index (κ2) is 3.33. The Balaban J connectivity index is 2.14. The molecule has 3 heteroatoms. The first-order chi connectivity index (χ1) is 6.18. The molecule has 1 amide bonds. The number of carbonyl (C=O) groups excluding carboxylic acids is 1. The zero-order valence-electron chi connectivity index (χ0n) is 7.74. The first-order valence-electron chi connectivity index (χ1n) is 4.78. The molecule has 1 aliphatic carbocycles. The van der Waals surface area contributed by atoms with E-state index in [4.69, 9.17) is 11.6 Å². The smallest absolute Gasteiger partial charge is 0.219 e. The molecule has 2 aliphatic rings. The monoisotopic (exact) mass is 199 g/mol. The quantitative estimate of drug-likeness (QED) is 0.430. The van der Waals surface area contributed by atoms with E-state index in [0.717, 1.165) is 19.4 Å². The van der Waals surface area contributed by atoms with E-state index in [1.54, 1.807) is 6.92 Å². The third-order valence-electron chi connectivity index (χ3n) is 3.03. The summed E-state index contributed by atoms with van der Waals surface area (Å²) in [5.41, 5.74) is 0. The topological polar surface area (TPSA) is 20.3 Å². The van der Waals surface area contributed by atoms with Gasteiger partial charge in [0.25, 0.3) is 0 Å². The highest BCUT2D eigenvalue weighted by molar-refractivity contribution is 6.21. The lowest BCUT2D eigenvalue weighted by atomic mass is 9.90. The predicted octanol–water partition coefficient (Wildman–Crippen LogP) is 1.79. The Kier molecular flexibility index (Phi) is 2.33. The van der Waals surface area contributed by atoms with Crippen LogP contribution in [0.4, 0.5) is 0 Å². The van der Waals surface area contributed by atoms with Crippen molar-refractivity contribution in [3.05, 3.63) is 12.2 Å². The van der Waals surface area contributed by atoms with Crippen LogP contribution >= 0.6 is 11.6 Å². The Hall–Kier alpha value is -0.500. The van der Waals surface area contributed by atoms with Gasteiger partial charge in [-0.2, -0.15) is 0 Å². The maximum absolute atomic E-state index is 11.2. The fraction of sp³-hybridized carbons (Fsp3) is 0.700. The summed E-state index contributed by atoms with van der Waals surface area (Å²) in [6.45, 7) is 2.54. The predicted molar refractivity (Wildman–Crippen MR) is 52.7 cm³/mol. The molecule has 3 atom stereocenters. The van der Waals surface area contributed by atoms with E-state index in [2.05, 4.69) is 6.08 Å². The minimum Gasteiger partial charge on any atom is -0.336 e. The van der Waals surface area contributed by atoms with E-state index in [1.165, 1.54) is 0 Å². The molecule has 2 nitrogen and oxygen atoms in total. The van der Waals surface area contributed by atoms with Crippen molar-refractivity contribution in [2.24, 2.45) is 5.92 Å². The van der Waals surface area contributed by atoms with Crippen LogP contribution in [0.15, 0.2) is 12.2 Å². The number of hydrogen-bond donors (Lipinski definition) is 0. The van der Waals surface area contributed by atoms with Gasteiger partial charge < -0.3 is 4.90 Å². The average Bonchev–Trinajstić information content (AvgIpc) is 2.46. The van der Waals surface area contributed by atoms with E-state index in [1.807, 2.05) is 11.0 Å². The molecule has 0 aromatic heterocycles. The van der Waals surface area contributed by atoms with Crippen molar-refractivity contribution in [2.75, 3.05) is 6.54 Å². The molecule has 0 N–H and O–H groups in total. The van der Waals surface area contributed by atoms with Crippen LogP contribution in [0.3, 0.4) is 0 Å². The average molecular weight is 200 g/mol. The van der Waals surface area contributed by atoms with Crippen molar-refractivity contribution in [3.63, 3.8) is 0 Å². The molecule has 0 radical (unpaired) electrons. The summed E-state index contributed by atoms with van der Waals surface area (Å²) in [6.07, 6.45) is 6.24. The number of rotatable bonds is 0. The second-order valence-electron chi connectivity index (χ2n) is 3.89. The second-order valence-corrected chi connectivity index (χ2v) is 4.45. The maximum atomic E-state index is 11.2. The van der Waals surface area contributed by atoms with Crippen LogP contribution in [0, 0.1) is 5.92 Å². The molecule has 72 valence electrons. The molecule has 3 unspecified atom stereocenters. The van der Waals surface area contributed by atoms with Crippen molar-refractivity contribution in [3.8, 4) is 0 Å². The Morgan fingerprint density at radius 1 is 1.54 bits per heavy atom. The van der Waals surface area contributed by atoms with Crippen LogP contribution in [0.5, 0.6) is 0 Å². The summed E-state index contributed by atoms with van der Waals surface area (Å²) in [4.78, 5) is 13.2. The number of hydrogen-bond acceptors (Lipinski definition) is 1. The van der Waals surface area contributed by atoms with Crippen molar-refractivity contribution >= 4 is 17.5 Å². The zero-order valence-corrected chi connectivity index (χ0v) is 8.50. The summed E-state index contributed by atoms with van der Waals surface area (Å²) < 4.78 is 0. The van der Waals surface area contributed by atoms with Gasteiger partial charge in [-0.25, -0.2) is 0 Å². The standard InChI is InChI=1S/C10H14ClNO/c1-7(13)12-5-4-8-6-9(11)2-3-10(8)12/h2-3,8-10H,4-6H2,1H3. The lowest BCUT2D eigenvalue weighted by Gasteiger charge is -2.28. The number of allylic oxidation sites excluding steroid dienone is 1. The third kappa shape index (κ3) is 1.60. The molecular weight excluding hydrogens is 186 g/mol. The molecular formula is C10H14ClNO. The van der Waals surface area contributed by atoms with Gasteiger partial charge in [0.15, 0.2) is 0 Å². The van der Waals surface area contributed by atoms with Crippen LogP contribution in [-0.4, -0.2) is 28.8 Å². The fourth-order valence-corrected chi connectivity index (χ4v) is 2.68. The fourth-order valence-electron chi connectivity index (χ4n) is 2.37. The summed E-state index contributed by atoms with van der Waals surface area (Å²) in [5.74, 6) is 0.779. The molecule has 0 saturated carbocycles. The largest absolute Gasteiger partial charge is 0.336 e. The van der Waals surface area contributed by atoms with Gasteiger partial charge >= 0.3 is 0 Å². The summed E-state index contributed by atoms with van der Waals surface area (Å²) in [7, 11) is 0. The van der Waals surface area contributed by atoms with Gasteiger partial charge in [-0.1, -0.05) is 12.2 Å². The number of alkyl halides is 1. The Bertz CT molecular complexity index is 251. The van der Waals surface area contributed by atoms with Crippen molar-refractivity contribution in [1.29, 1.82) is 0 Å². The Morgan fingerprint density at radius 3 is 3.00 bits per heavy atom. The Morgan fingerprint density at radius 2 is 2.31 bits per heavy atom. The number of nitrogens with zero attached hydrogens (tertiary/aromatic N) is 1. The van der Waals surface area contributed by atoms with Crippen LogP contribution in [0.2, 0.25) is 0 Å². The lowest BCUT2D eigenvalue weighted by Crippen LogP contribution is -2.37. The molecule has 13 heavy (non-hydrogen) atoms. The highest BCUT2D eigenvalue weighted by Gasteiger charge is 2.36. The van der Waals surface area contributed by atoms with E-state index in [0.29, 0.717) is 12.0 Å². The highest BCUT2D eigenvalue weighted by Crippen LogP contribution is 2.34. The molecule has 0 aromatic carbocycles. The van der Waals surface area contributed by atoms with Crippen LogP contribution < -0.4 is 0 Å². The van der Waals surface area contributed by atoms with Crippen LogP contribution in [-0.2, 0) is 4.79 Å². The van der Waals surface area contributed by atoms with Gasteiger partial charge in [0.05, 0.1) is 11.4 Å². The number of fused-ring (bicyclic) bond motifs is 1. The number of carbonyl (C=O) groups is 1. The van der Waals surface area contributed by atoms with Gasteiger partial charge in [-0.15, -0.1) is 11.6 Å². The molecule has 2 rings (SSSR count). The summed E-state index contributed by atoms with van der Waals surface area (Å²) >= 11 is 6.02. The Labute approximate surface area is 83.5 Å². The van der Waals surface area contributed by atoms with Crippen molar-refractivity contribution < 1.29 is 4.79 Å². The summed E-state index contributed by atoms with van der Waals surface area (Å²) in [5, 5.41) is 0.174. The van der Waals surface area contributed by atoms with Gasteiger partial charge in [0, 0.05) is 13.5 Å². The molecule has 1 fully saturated rings. The van der Waals surface area contributed by atoms with Gasteiger partial charge in [-0.3, -0.25) is 4.79 Å². The molecule has 0 spiro atoms. The molecule has 0 aromatic rings. The number of likely N-dealkylation sites (tertiary alicyclic amines) is 1. The van der Waals surface area contributed by atoms with E-state index < -0.39 is 0 Å². The third-order valence-corrected chi connectivity index (χ3v) is 3.36. The normalized spacial score (nSPS) is 37.7. The van der Waals surface area contributed by atoms with Gasteiger partial charge in [-0.05, 0) is 18.8 Å². The molecule has 1 heterocycles. The van der Waals surface area contributed by atoms with E-state index >= 15 is 0 Å². The van der Waals surface area contributed by atoms with E-state index in [9.17, 15) is 4.79 Å². The number of halogens is 1. The molecule has 0 bridgehead atoms. The minimum absolute atomic E-state index is 0.174. The SMILES string of the molecule is CC(=O)N1CCC2CC(Cl)C=CC21. The highest BCUT2D eigenvalue weighted by atomic mass is 35.5. The first-order valence-corrected chi connectivity index (χ1v) is 5.21. The van der Waals surface area contributed by atoms with Gasteiger partial charge in [0.1, 0.15) is 0 Å². The minimum atomic E-state index is 0.174. The van der Waals surface area contributed by atoms with Gasteiger partial charge in [0.2, 0.25) is 5.91 Å². The number of amides is 1. The lowest BCUT2D eigenvalue weighted by molar-refractivity contribution is -0.129. The summed E-state index contributed by atoms with van der Waals surface area (Å²) in [6, 6.07) is 0.326. The first kappa shape index (κ1) is 9.07. The van der Waals surface area contributed by atoms with Crippen LogP contribution in [0.1, 0.15) is 19.8 Å². The molecule has 1 saturated heterocycles. The zero-order chi connectivity index (χ0) is 9.42. The van der Waals surface area contributed by atoms with Crippen molar-refractivity contribution in [1.82, 2.24) is 4.90 Å². The maximum Gasteiger partial charge on any atom is 0.219 e. The van der Waals surface area contributed by atoms with Crippen molar-refractivity contribution in [2.45, 2.75) is 31.2 Å².